The molecule has 22 heavy (non-hydrogen) atoms. The molecule has 3 heterocycles. The first kappa shape index (κ1) is 14.8. The van der Waals surface area contributed by atoms with Crippen LogP contribution in [0.25, 0.3) is 0 Å². The summed E-state index contributed by atoms with van der Waals surface area (Å²) in [6, 6.07) is 6.02. The third-order valence-electron chi connectivity index (χ3n) is 4.25. The lowest BCUT2D eigenvalue weighted by Gasteiger charge is -2.15. The van der Waals surface area contributed by atoms with Gasteiger partial charge in [0, 0.05) is 30.9 Å². The largest absolute Gasteiger partial charge is 0.337 e. The van der Waals surface area contributed by atoms with E-state index in [4.69, 9.17) is 0 Å². The third-order valence-corrected chi connectivity index (χ3v) is 4.25. The van der Waals surface area contributed by atoms with Crippen LogP contribution in [0.2, 0.25) is 0 Å². The number of pyridine rings is 1. The van der Waals surface area contributed by atoms with Crippen LogP contribution in [0.4, 0.5) is 0 Å². The Labute approximate surface area is 130 Å². The number of hydrogen-bond donors (Lipinski definition) is 1. The van der Waals surface area contributed by atoms with Gasteiger partial charge in [0.05, 0.1) is 5.69 Å². The molecule has 1 fully saturated rings. The van der Waals surface area contributed by atoms with Gasteiger partial charge in [-0.15, -0.1) is 0 Å². The Kier molecular flexibility index (Phi) is 3.96. The first-order chi connectivity index (χ1) is 10.5. The molecule has 0 radical (unpaired) electrons. The molecule has 0 aliphatic carbocycles. The third kappa shape index (κ3) is 2.89. The Bertz CT molecular complexity index is 660. The van der Waals surface area contributed by atoms with Crippen molar-refractivity contribution >= 4 is 5.91 Å². The summed E-state index contributed by atoms with van der Waals surface area (Å²) >= 11 is 0. The minimum absolute atomic E-state index is 0.0361. The number of rotatable bonds is 3. The molecule has 0 unspecified atom stereocenters. The molecule has 116 valence electrons. The van der Waals surface area contributed by atoms with Crippen molar-refractivity contribution in [2.45, 2.75) is 39.0 Å². The molecule has 1 saturated heterocycles. The lowest BCUT2D eigenvalue weighted by atomic mass is 10.0. The van der Waals surface area contributed by atoms with Crippen LogP contribution in [0.5, 0.6) is 0 Å². The highest BCUT2D eigenvalue weighted by Crippen LogP contribution is 2.27. The zero-order chi connectivity index (χ0) is 15.7. The molecule has 2 aromatic heterocycles. The fourth-order valence-corrected chi connectivity index (χ4v) is 2.82. The number of nitrogens with zero attached hydrogens (tertiary/aromatic N) is 3. The summed E-state index contributed by atoms with van der Waals surface area (Å²) < 4.78 is 0. The minimum atomic E-state index is 0.0361. The van der Waals surface area contributed by atoms with Crippen LogP contribution in [0.1, 0.15) is 59.5 Å². The predicted molar refractivity (Wildman–Crippen MR) is 84.9 cm³/mol. The SMILES string of the molecule is Cc1ccc([C@@H]2CCN(C(=O)c3cc(C(C)C)n[nH]3)C2)nc1. The standard InChI is InChI=1S/C17H22N4O/c1-11(2)15-8-16(20-19-15)17(22)21-7-6-13(10-21)14-5-4-12(3)9-18-14/h4-5,8-9,11,13H,6-7,10H2,1-3H3,(H,19,20)/t13-/m1/s1. The van der Waals surface area contributed by atoms with Crippen LogP contribution in [-0.4, -0.2) is 39.1 Å². The lowest BCUT2D eigenvalue weighted by Crippen LogP contribution is -2.28. The normalized spacial score (nSPS) is 18.2. The molecule has 1 aliphatic heterocycles. The van der Waals surface area contributed by atoms with E-state index in [1.54, 1.807) is 0 Å². The number of nitrogens with one attached hydrogen (secondary N) is 1. The average Bonchev–Trinajstić information content (AvgIpc) is 3.17. The molecular formula is C17H22N4O. The van der Waals surface area contributed by atoms with Crippen molar-refractivity contribution in [1.82, 2.24) is 20.1 Å². The number of aromatic nitrogens is 3. The van der Waals surface area contributed by atoms with Gasteiger partial charge in [0.25, 0.3) is 5.91 Å². The van der Waals surface area contributed by atoms with Gasteiger partial charge >= 0.3 is 0 Å². The zero-order valence-corrected chi connectivity index (χ0v) is 13.3. The highest BCUT2D eigenvalue weighted by molar-refractivity contribution is 5.92. The zero-order valence-electron chi connectivity index (χ0n) is 13.3. The molecule has 2 aromatic rings. The summed E-state index contributed by atoms with van der Waals surface area (Å²) in [4.78, 5) is 18.9. The van der Waals surface area contributed by atoms with Gasteiger partial charge in [0.1, 0.15) is 5.69 Å². The van der Waals surface area contributed by atoms with Gasteiger partial charge < -0.3 is 4.90 Å². The van der Waals surface area contributed by atoms with Crippen LogP contribution in [0.15, 0.2) is 24.4 Å². The van der Waals surface area contributed by atoms with Crippen molar-refractivity contribution in [1.29, 1.82) is 0 Å². The summed E-state index contributed by atoms with van der Waals surface area (Å²) in [5.41, 5.74) is 3.75. The van der Waals surface area contributed by atoms with Gasteiger partial charge in [-0.25, -0.2) is 0 Å². The lowest BCUT2D eigenvalue weighted by molar-refractivity contribution is 0.0785. The first-order valence-corrected chi connectivity index (χ1v) is 7.81. The van der Waals surface area contributed by atoms with E-state index in [0.29, 0.717) is 17.5 Å². The maximum atomic E-state index is 12.5. The molecule has 5 heteroatoms. The Morgan fingerprint density at radius 2 is 2.23 bits per heavy atom. The van der Waals surface area contributed by atoms with Gasteiger partial charge in [0.15, 0.2) is 0 Å². The minimum Gasteiger partial charge on any atom is -0.337 e. The smallest absolute Gasteiger partial charge is 0.271 e. The number of aromatic amines is 1. The van der Waals surface area contributed by atoms with Crippen LogP contribution in [0.3, 0.4) is 0 Å². The van der Waals surface area contributed by atoms with Crippen LogP contribution in [-0.2, 0) is 0 Å². The fraction of sp³-hybridized carbons (Fsp3) is 0.471. The highest BCUT2D eigenvalue weighted by atomic mass is 16.2. The highest BCUT2D eigenvalue weighted by Gasteiger charge is 2.29. The van der Waals surface area contributed by atoms with E-state index in [2.05, 4.69) is 41.2 Å². The maximum absolute atomic E-state index is 12.5. The molecular weight excluding hydrogens is 276 g/mol. The van der Waals surface area contributed by atoms with Gasteiger partial charge in [0.2, 0.25) is 0 Å². The average molecular weight is 298 g/mol. The van der Waals surface area contributed by atoms with Gasteiger partial charge in [-0.3, -0.25) is 14.9 Å². The molecule has 1 N–H and O–H groups in total. The summed E-state index contributed by atoms with van der Waals surface area (Å²) in [6.07, 6.45) is 2.86. The van der Waals surface area contributed by atoms with Crippen LogP contribution >= 0.6 is 0 Å². The Balaban J connectivity index is 1.69. The van der Waals surface area contributed by atoms with Crippen molar-refractivity contribution in [3.05, 3.63) is 47.0 Å². The van der Waals surface area contributed by atoms with E-state index in [1.165, 1.54) is 0 Å². The molecule has 0 bridgehead atoms. The summed E-state index contributed by atoms with van der Waals surface area (Å²) in [6.45, 7) is 7.67. The number of likely N-dealkylation sites (tertiary alicyclic amines) is 1. The van der Waals surface area contributed by atoms with E-state index in [9.17, 15) is 4.79 Å². The second-order valence-electron chi connectivity index (χ2n) is 6.36. The molecule has 0 aromatic carbocycles. The van der Waals surface area contributed by atoms with E-state index in [0.717, 1.165) is 36.5 Å². The Morgan fingerprint density at radius 3 is 2.86 bits per heavy atom. The van der Waals surface area contributed by atoms with Crippen molar-refractivity contribution in [2.24, 2.45) is 0 Å². The number of carbonyl (C=O) groups is 1. The number of amides is 1. The molecule has 0 spiro atoms. The molecule has 5 nitrogen and oxygen atoms in total. The van der Waals surface area contributed by atoms with Crippen LogP contribution < -0.4 is 0 Å². The number of H-pyrrole nitrogens is 1. The molecule has 1 atom stereocenters. The summed E-state index contributed by atoms with van der Waals surface area (Å²) in [5.74, 6) is 0.687. The summed E-state index contributed by atoms with van der Waals surface area (Å²) in [5, 5.41) is 7.08. The number of hydrogen-bond acceptors (Lipinski definition) is 3. The predicted octanol–water partition coefficient (Wildman–Crippen LogP) is 2.87. The second kappa shape index (κ2) is 5.91. The van der Waals surface area contributed by atoms with Gasteiger partial charge in [-0.05, 0) is 37.0 Å². The van der Waals surface area contributed by atoms with Crippen molar-refractivity contribution in [2.75, 3.05) is 13.1 Å². The second-order valence-corrected chi connectivity index (χ2v) is 6.36. The molecule has 1 aliphatic rings. The van der Waals surface area contributed by atoms with Crippen molar-refractivity contribution < 1.29 is 4.79 Å². The molecule has 0 saturated carbocycles. The number of carbonyl (C=O) groups excluding carboxylic acids is 1. The topological polar surface area (TPSA) is 61.9 Å². The van der Waals surface area contributed by atoms with E-state index in [-0.39, 0.29) is 5.91 Å². The van der Waals surface area contributed by atoms with Crippen molar-refractivity contribution in [3.63, 3.8) is 0 Å². The van der Waals surface area contributed by atoms with Gasteiger partial charge in [-0.1, -0.05) is 19.9 Å². The number of aryl methyl sites for hydroxylation is 1. The molecule has 1 amide bonds. The van der Waals surface area contributed by atoms with Crippen LogP contribution in [0, 0.1) is 6.92 Å². The first-order valence-electron chi connectivity index (χ1n) is 7.81. The Hall–Kier alpha value is -2.17. The van der Waals surface area contributed by atoms with Crippen molar-refractivity contribution in [3.8, 4) is 0 Å². The van der Waals surface area contributed by atoms with Gasteiger partial charge in [-0.2, -0.15) is 5.10 Å². The Morgan fingerprint density at radius 1 is 1.41 bits per heavy atom. The molecule has 3 rings (SSSR count). The van der Waals surface area contributed by atoms with E-state index >= 15 is 0 Å². The van der Waals surface area contributed by atoms with E-state index < -0.39 is 0 Å². The quantitative estimate of drug-likeness (QED) is 0.947. The summed E-state index contributed by atoms with van der Waals surface area (Å²) in [7, 11) is 0. The maximum Gasteiger partial charge on any atom is 0.271 e. The monoisotopic (exact) mass is 298 g/mol. The van der Waals surface area contributed by atoms with E-state index in [1.807, 2.05) is 24.1 Å². The fourth-order valence-electron chi connectivity index (χ4n) is 2.82.